The van der Waals surface area contributed by atoms with E-state index in [0.29, 0.717) is 6.42 Å². The summed E-state index contributed by atoms with van der Waals surface area (Å²) in [6.45, 7) is 4.09. The molecule has 0 aliphatic carbocycles. The summed E-state index contributed by atoms with van der Waals surface area (Å²) in [7, 11) is 1.35. The number of rotatable bonds is 8. The SMILES string of the molecule is COC(=O)[C@@H](Cc1ccc(C)c(C)c1)NC(=O)C(c1ccccc1)(c1ccccc1)c1ccccc1. The van der Waals surface area contributed by atoms with Gasteiger partial charge < -0.3 is 10.1 Å². The van der Waals surface area contributed by atoms with Gasteiger partial charge in [-0.25, -0.2) is 4.79 Å². The van der Waals surface area contributed by atoms with Crippen molar-refractivity contribution in [3.63, 3.8) is 0 Å². The number of amides is 1. The molecule has 0 fully saturated rings. The minimum Gasteiger partial charge on any atom is -0.467 e. The highest BCUT2D eigenvalue weighted by Crippen LogP contribution is 2.39. The lowest BCUT2D eigenvalue weighted by Gasteiger charge is -2.35. The van der Waals surface area contributed by atoms with E-state index < -0.39 is 17.4 Å². The van der Waals surface area contributed by atoms with Crippen molar-refractivity contribution in [3.8, 4) is 0 Å². The highest BCUT2D eigenvalue weighted by atomic mass is 16.5. The molecule has 1 atom stereocenters. The first-order valence-electron chi connectivity index (χ1n) is 12.1. The first kappa shape index (κ1) is 24.9. The van der Waals surface area contributed by atoms with Crippen molar-refractivity contribution >= 4 is 11.9 Å². The first-order valence-corrected chi connectivity index (χ1v) is 12.1. The van der Waals surface area contributed by atoms with Gasteiger partial charge in [-0.05, 0) is 47.2 Å². The Morgan fingerprint density at radius 2 is 1.19 bits per heavy atom. The summed E-state index contributed by atoms with van der Waals surface area (Å²) in [5, 5.41) is 3.07. The molecule has 0 heterocycles. The van der Waals surface area contributed by atoms with Gasteiger partial charge in [0.2, 0.25) is 5.91 Å². The van der Waals surface area contributed by atoms with Gasteiger partial charge in [0.15, 0.2) is 0 Å². The van der Waals surface area contributed by atoms with Gasteiger partial charge in [0.1, 0.15) is 11.5 Å². The van der Waals surface area contributed by atoms with Gasteiger partial charge in [-0.2, -0.15) is 0 Å². The van der Waals surface area contributed by atoms with E-state index >= 15 is 0 Å². The maximum Gasteiger partial charge on any atom is 0.328 e. The molecule has 0 saturated carbocycles. The predicted molar refractivity (Wildman–Crippen MR) is 143 cm³/mol. The minimum atomic E-state index is -1.17. The number of ether oxygens (including phenoxy) is 1. The van der Waals surface area contributed by atoms with E-state index in [4.69, 9.17) is 4.74 Å². The molecule has 4 aromatic rings. The lowest BCUT2D eigenvalue weighted by molar-refractivity contribution is -0.145. The van der Waals surface area contributed by atoms with E-state index in [1.54, 1.807) is 0 Å². The predicted octanol–water partition coefficient (Wildman–Crippen LogP) is 5.54. The molecule has 0 aliphatic heterocycles. The fourth-order valence-electron chi connectivity index (χ4n) is 4.73. The topological polar surface area (TPSA) is 55.4 Å². The van der Waals surface area contributed by atoms with Gasteiger partial charge in [0.05, 0.1) is 7.11 Å². The molecule has 0 saturated heterocycles. The van der Waals surface area contributed by atoms with Crippen LogP contribution >= 0.6 is 0 Å². The lowest BCUT2D eigenvalue weighted by Crippen LogP contribution is -2.52. The molecule has 182 valence electrons. The fraction of sp³-hybridized carbons (Fsp3) is 0.188. The molecule has 36 heavy (non-hydrogen) atoms. The summed E-state index contributed by atoms with van der Waals surface area (Å²) in [5.41, 5.74) is 4.54. The molecule has 0 radical (unpaired) electrons. The maximum absolute atomic E-state index is 14.5. The Labute approximate surface area is 213 Å². The second-order valence-electron chi connectivity index (χ2n) is 9.02. The summed E-state index contributed by atoms with van der Waals surface area (Å²) in [4.78, 5) is 27.4. The minimum absolute atomic E-state index is 0.287. The average molecular weight is 478 g/mol. The van der Waals surface area contributed by atoms with Crippen LogP contribution in [-0.4, -0.2) is 25.0 Å². The van der Waals surface area contributed by atoms with Gasteiger partial charge in [0, 0.05) is 6.42 Å². The second kappa shape index (κ2) is 11.0. The van der Waals surface area contributed by atoms with Gasteiger partial charge >= 0.3 is 5.97 Å². The summed E-state index contributed by atoms with van der Waals surface area (Å²) in [6, 6.07) is 34.3. The largest absolute Gasteiger partial charge is 0.467 e. The summed E-state index contributed by atoms with van der Waals surface area (Å²) in [5.74, 6) is -0.769. The van der Waals surface area contributed by atoms with Crippen LogP contribution in [0.1, 0.15) is 33.4 Å². The molecule has 1 amide bonds. The van der Waals surface area contributed by atoms with E-state index in [0.717, 1.165) is 27.8 Å². The Balaban J connectivity index is 1.84. The van der Waals surface area contributed by atoms with Gasteiger partial charge in [-0.3, -0.25) is 4.79 Å². The standard InChI is InChI=1S/C32H31NO3/c1-23-19-20-25(21-24(23)2)22-29(30(34)36-3)33-31(35)32(26-13-7-4-8-14-26,27-15-9-5-10-16-27)28-17-11-6-12-18-28/h4-21,29H,22H2,1-3H3,(H,33,35)/t29-/m1/s1. The van der Waals surface area contributed by atoms with Crippen molar-refractivity contribution in [3.05, 3.63) is 143 Å². The van der Waals surface area contributed by atoms with Crippen LogP contribution in [-0.2, 0) is 26.2 Å². The van der Waals surface area contributed by atoms with E-state index in [9.17, 15) is 9.59 Å². The van der Waals surface area contributed by atoms with Gasteiger partial charge in [-0.1, -0.05) is 109 Å². The number of methoxy groups -OCH3 is 1. The van der Waals surface area contributed by atoms with Gasteiger partial charge in [0.25, 0.3) is 0 Å². The van der Waals surface area contributed by atoms with Crippen molar-refractivity contribution in [2.75, 3.05) is 7.11 Å². The Morgan fingerprint density at radius 1 is 0.722 bits per heavy atom. The van der Waals surface area contributed by atoms with Crippen molar-refractivity contribution in [1.82, 2.24) is 5.32 Å². The van der Waals surface area contributed by atoms with E-state index in [1.807, 2.05) is 117 Å². The zero-order valence-corrected chi connectivity index (χ0v) is 20.9. The van der Waals surface area contributed by atoms with Crippen LogP contribution in [0.25, 0.3) is 0 Å². The normalized spacial score (nSPS) is 12.0. The van der Waals surface area contributed by atoms with Crippen LogP contribution in [0.4, 0.5) is 0 Å². The Bertz CT molecular complexity index is 1220. The van der Waals surface area contributed by atoms with Crippen LogP contribution in [0.2, 0.25) is 0 Å². The first-order chi connectivity index (χ1) is 17.5. The van der Waals surface area contributed by atoms with Crippen LogP contribution in [0.5, 0.6) is 0 Å². The lowest BCUT2D eigenvalue weighted by atomic mass is 9.68. The van der Waals surface area contributed by atoms with Crippen LogP contribution < -0.4 is 5.32 Å². The van der Waals surface area contributed by atoms with Crippen LogP contribution in [0.15, 0.2) is 109 Å². The molecule has 4 aromatic carbocycles. The smallest absolute Gasteiger partial charge is 0.328 e. The van der Waals surface area contributed by atoms with Crippen LogP contribution in [0, 0.1) is 13.8 Å². The number of esters is 1. The molecule has 4 heteroatoms. The molecular formula is C32H31NO3. The quantitative estimate of drug-likeness (QED) is 0.268. The Morgan fingerprint density at radius 3 is 1.61 bits per heavy atom. The Hall–Kier alpha value is -4.18. The van der Waals surface area contributed by atoms with E-state index in [2.05, 4.69) is 11.4 Å². The number of aryl methyl sites for hydroxylation is 2. The number of benzene rings is 4. The second-order valence-corrected chi connectivity index (χ2v) is 9.02. The van der Waals surface area contributed by atoms with Crippen LogP contribution in [0.3, 0.4) is 0 Å². The third kappa shape index (κ3) is 4.94. The molecule has 0 bridgehead atoms. The van der Waals surface area contributed by atoms with E-state index in [1.165, 1.54) is 12.7 Å². The summed E-state index contributed by atoms with van der Waals surface area (Å²) in [6.07, 6.45) is 0.327. The van der Waals surface area contributed by atoms with Gasteiger partial charge in [-0.15, -0.1) is 0 Å². The summed E-state index contributed by atoms with van der Waals surface area (Å²) < 4.78 is 5.12. The molecule has 4 nitrogen and oxygen atoms in total. The molecule has 0 aliphatic rings. The third-order valence-corrected chi connectivity index (χ3v) is 6.76. The number of hydrogen-bond donors (Lipinski definition) is 1. The third-order valence-electron chi connectivity index (χ3n) is 6.76. The number of carbonyl (C=O) groups is 2. The number of hydrogen-bond acceptors (Lipinski definition) is 3. The highest BCUT2D eigenvalue weighted by molar-refractivity contribution is 5.98. The average Bonchev–Trinajstić information content (AvgIpc) is 2.92. The van der Waals surface area contributed by atoms with E-state index in [-0.39, 0.29) is 5.91 Å². The Kier molecular flexibility index (Phi) is 7.65. The zero-order valence-electron chi connectivity index (χ0n) is 20.9. The molecule has 4 rings (SSSR count). The van der Waals surface area contributed by atoms with Crippen molar-refractivity contribution < 1.29 is 14.3 Å². The molecule has 0 unspecified atom stereocenters. The maximum atomic E-state index is 14.5. The molecule has 0 aromatic heterocycles. The van der Waals surface area contributed by atoms with Crippen molar-refractivity contribution in [1.29, 1.82) is 0 Å². The molecule has 1 N–H and O–H groups in total. The molecular weight excluding hydrogens is 446 g/mol. The number of carbonyl (C=O) groups excluding carboxylic acids is 2. The fourth-order valence-corrected chi connectivity index (χ4v) is 4.73. The summed E-state index contributed by atoms with van der Waals surface area (Å²) >= 11 is 0. The monoisotopic (exact) mass is 477 g/mol. The number of nitrogens with one attached hydrogen (secondary N) is 1. The van der Waals surface area contributed by atoms with Crippen molar-refractivity contribution in [2.24, 2.45) is 0 Å². The van der Waals surface area contributed by atoms with Crippen molar-refractivity contribution in [2.45, 2.75) is 31.7 Å². The molecule has 0 spiro atoms. The zero-order chi connectivity index (χ0) is 25.5. The highest BCUT2D eigenvalue weighted by Gasteiger charge is 2.45.